The first kappa shape index (κ1) is 19.8. The third-order valence-electron chi connectivity index (χ3n) is 3.11. The van der Waals surface area contributed by atoms with Gasteiger partial charge in [-0.1, -0.05) is 23.2 Å². The van der Waals surface area contributed by atoms with E-state index in [0.29, 0.717) is 26.9 Å². The number of nitrogens with zero attached hydrogens (tertiary/aromatic N) is 2. The molecule has 0 radical (unpaired) electrons. The molecule has 2 aromatic rings. The minimum absolute atomic E-state index is 0.325. The normalized spacial score (nSPS) is 11.6. The van der Waals surface area contributed by atoms with Crippen molar-refractivity contribution in [3.8, 4) is 0 Å². The number of pyridine rings is 1. The zero-order valence-electron chi connectivity index (χ0n) is 13.4. The first-order chi connectivity index (χ1) is 11.2. The molecule has 0 spiro atoms. The van der Waals surface area contributed by atoms with Crippen molar-refractivity contribution in [2.24, 2.45) is 0 Å². The van der Waals surface area contributed by atoms with Gasteiger partial charge < -0.3 is 9.84 Å². The van der Waals surface area contributed by atoms with Gasteiger partial charge in [0.05, 0.1) is 16.3 Å². The van der Waals surface area contributed by atoms with Crippen LogP contribution in [0.4, 0.5) is 5.69 Å². The molecule has 8 heteroatoms. The second-order valence-electron chi connectivity index (χ2n) is 5.55. The SMILES string of the molecule is COCN(Sc1ccc(Cl)c(C(C)(C)O)c1)c1cc(Cl)cnc1Br. The lowest BCUT2D eigenvalue weighted by atomic mass is 9.99. The van der Waals surface area contributed by atoms with Gasteiger partial charge in [0.1, 0.15) is 11.3 Å². The smallest absolute Gasteiger partial charge is 0.130 e. The third-order valence-corrected chi connectivity index (χ3v) is 5.25. The molecule has 0 saturated heterocycles. The van der Waals surface area contributed by atoms with Crippen molar-refractivity contribution in [2.75, 3.05) is 18.1 Å². The van der Waals surface area contributed by atoms with Crippen LogP contribution in [0.2, 0.25) is 10.0 Å². The van der Waals surface area contributed by atoms with E-state index in [1.54, 1.807) is 39.3 Å². The molecule has 0 fully saturated rings. The molecule has 0 unspecified atom stereocenters. The summed E-state index contributed by atoms with van der Waals surface area (Å²) in [6.07, 6.45) is 1.57. The number of halogens is 3. The van der Waals surface area contributed by atoms with Crippen LogP contribution in [0.25, 0.3) is 0 Å². The van der Waals surface area contributed by atoms with E-state index in [2.05, 4.69) is 20.9 Å². The molecule has 0 atom stereocenters. The molecule has 24 heavy (non-hydrogen) atoms. The fraction of sp³-hybridized carbons (Fsp3) is 0.312. The van der Waals surface area contributed by atoms with E-state index in [-0.39, 0.29) is 0 Å². The molecule has 1 N–H and O–H groups in total. The predicted octanol–water partition coefficient (Wildman–Crippen LogP) is 5.50. The lowest BCUT2D eigenvalue weighted by Gasteiger charge is -2.25. The Morgan fingerprint density at radius 2 is 2.04 bits per heavy atom. The van der Waals surface area contributed by atoms with Crippen molar-refractivity contribution >= 4 is 56.8 Å². The summed E-state index contributed by atoms with van der Waals surface area (Å²) in [5.74, 6) is 0. The number of rotatable bonds is 6. The number of methoxy groups -OCH3 is 1. The van der Waals surface area contributed by atoms with Crippen molar-refractivity contribution in [3.05, 3.63) is 50.7 Å². The molecule has 0 bridgehead atoms. The monoisotopic (exact) mass is 450 g/mol. The maximum atomic E-state index is 10.3. The van der Waals surface area contributed by atoms with Gasteiger partial charge in [0.25, 0.3) is 0 Å². The Morgan fingerprint density at radius 3 is 2.67 bits per heavy atom. The second-order valence-corrected chi connectivity index (χ2v) is 8.24. The van der Waals surface area contributed by atoms with Gasteiger partial charge in [0, 0.05) is 28.8 Å². The topological polar surface area (TPSA) is 45.6 Å². The first-order valence-corrected chi connectivity index (χ1v) is 9.32. The lowest BCUT2D eigenvalue weighted by molar-refractivity contribution is 0.0785. The van der Waals surface area contributed by atoms with E-state index in [9.17, 15) is 5.11 Å². The Kier molecular flexibility index (Phi) is 6.82. The van der Waals surface area contributed by atoms with E-state index in [1.165, 1.54) is 11.9 Å². The molecule has 0 aliphatic rings. The molecule has 1 aromatic heterocycles. The van der Waals surface area contributed by atoms with Gasteiger partial charge in [-0.05, 0) is 66.0 Å². The van der Waals surface area contributed by atoms with Gasteiger partial charge in [0.15, 0.2) is 0 Å². The van der Waals surface area contributed by atoms with E-state index in [0.717, 1.165) is 10.6 Å². The molecule has 4 nitrogen and oxygen atoms in total. The maximum Gasteiger partial charge on any atom is 0.130 e. The summed E-state index contributed by atoms with van der Waals surface area (Å²) in [6, 6.07) is 7.32. The molecule has 2 rings (SSSR count). The third kappa shape index (κ3) is 5.00. The Morgan fingerprint density at radius 1 is 1.33 bits per heavy atom. The molecular weight excluding hydrogens is 435 g/mol. The van der Waals surface area contributed by atoms with Crippen molar-refractivity contribution in [1.29, 1.82) is 0 Å². The van der Waals surface area contributed by atoms with Crippen molar-refractivity contribution in [1.82, 2.24) is 4.98 Å². The number of aromatic nitrogens is 1. The quantitative estimate of drug-likeness (QED) is 0.357. The van der Waals surface area contributed by atoms with Gasteiger partial charge >= 0.3 is 0 Å². The number of benzene rings is 1. The van der Waals surface area contributed by atoms with E-state index < -0.39 is 5.60 Å². The molecular formula is C16H17BrCl2N2O2S. The van der Waals surface area contributed by atoms with Gasteiger partial charge in [-0.3, -0.25) is 4.31 Å². The second kappa shape index (κ2) is 8.25. The summed E-state index contributed by atoms with van der Waals surface area (Å²) >= 11 is 17.1. The average molecular weight is 452 g/mol. The maximum absolute atomic E-state index is 10.3. The minimum atomic E-state index is -1.03. The van der Waals surface area contributed by atoms with Crippen LogP contribution < -0.4 is 4.31 Å². The summed E-state index contributed by atoms with van der Waals surface area (Å²) in [6.45, 7) is 3.73. The lowest BCUT2D eigenvalue weighted by Crippen LogP contribution is -2.19. The Hall–Kier alpha value is -0.500. The molecule has 1 aromatic carbocycles. The summed E-state index contributed by atoms with van der Waals surface area (Å²) in [5.41, 5.74) is 0.418. The fourth-order valence-corrected chi connectivity index (χ4v) is 4.01. The molecule has 0 aliphatic heterocycles. The number of hydrogen-bond donors (Lipinski definition) is 1. The predicted molar refractivity (Wildman–Crippen MR) is 104 cm³/mol. The largest absolute Gasteiger partial charge is 0.386 e. The summed E-state index contributed by atoms with van der Waals surface area (Å²) in [4.78, 5) is 5.11. The first-order valence-electron chi connectivity index (χ1n) is 7.00. The minimum Gasteiger partial charge on any atom is -0.386 e. The van der Waals surface area contributed by atoms with Crippen LogP contribution in [-0.4, -0.2) is 23.9 Å². The Balaban J connectivity index is 2.36. The zero-order valence-corrected chi connectivity index (χ0v) is 17.3. The van der Waals surface area contributed by atoms with Gasteiger partial charge in [-0.25, -0.2) is 4.98 Å². The number of hydrogen-bond acceptors (Lipinski definition) is 5. The number of aliphatic hydroxyl groups is 1. The van der Waals surface area contributed by atoms with E-state index in [4.69, 9.17) is 27.9 Å². The van der Waals surface area contributed by atoms with Crippen LogP contribution >= 0.6 is 51.1 Å². The van der Waals surface area contributed by atoms with E-state index >= 15 is 0 Å². The average Bonchev–Trinajstić information content (AvgIpc) is 2.50. The van der Waals surface area contributed by atoms with E-state index in [1.807, 2.05) is 16.4 Å². The van der Waals surface area contributed by atoms with Crippen molar-refractivity contribution in [2.45, 2.75) is 24.3 Å². The molecule has 1 heterocycles. The van der Waals surface area contributed by atoms with Gasteiger partial charge in [-0.15, -0.1) is 0 Å². The molecule has 0 aliphatic carbocycles. The highest BCUT2D eigenvalue weighted by molar-refractivity contribution is 9.10. The van der Waals surface area contributed by atoms with Crippen molar-refractivity contribution in [3.63, 3.8) is 0 Å². The van der Waals surface area contributed by atoms with Crippen LogP contribution in [0.3, 0.4) is 0 Å². The van der Waals surface area contributed by atoms with Gasteiger partial charge in [0.2, 0.25) is 0 Å². The van der Waals surface area contributed by atoms with Crippen LogP contribution in [0.15, 0.2) is 40.0 Å². The van der Waals surface area contributed by atoms with Crippen LogP contribution in [0.1, 0.15) is 19.4 Å². The molecule has 0 saturated carbocycles. The van der Waals surface area contributed by atoms with Crippen LogP contribution in [-0.2, 0) is 10.3 Å². The fourth-order valence-electron chi connectivity index (χ4n) is 2.01. The molecule has 0 amide bonds. The summed E-state index contributed by atoms with van der Waals surface area (Å²) in [7, 11) is 1.61. The van der Waals surface area contributed by atoms with Crippen molar-refractivity contribution < 1.29 is 9.84 Å². The zero-order chi connectivity index (χ0) is 17.9. The number of anilines is 1. The Bertz CT molecular complexity index is 726. The highest BCUT2D eigenvalue weighted by atomic mass is 79.9. The van der Waals surface area contributed by atoms with Crippen LogP contribution in [0.5, 0.6) is 0 Å². The molecule has 130 valence electrons. The summed E-state index contributed by atoms with van der Waals surface area (Å²) < 4.78 is 7.85. The summed E-state index contributed by atoms with van der Waals surface area (Å²) in [5, 5.41) is 11.3. The highest BCUT2D eigenvalue weighted by Crippen LogP contribution is 2.37. The number of ether oxygens (including phenoxy) is 1. The van der Waals surface area contributed by atoms with Gasteiger partial charge in [-0.2, -0.15) is 0 Å². The van der Waals surface area contributed by atoms with Crippen LogP contribution in [0, 0.1) is 0 Å². The highest BCUT2D eigenvalue weighted by Gasteiger charge is 2.21. The Labute approximate surface area is 164 Å². The standard InChI is InChI=1S/C16H17BrCl2N2O2S/c1-16(2,22)12-7-11(4-5-13(12)19)24-21(9-23-3)14-6-10(18)8-20-15(14)17/h4-8,22H,9H2,1-3H3.